The maximum atomic E-state index is 5.82. The summed E-state index contributed by atoms with van der Waals surface area (Å²) in [5.74, 6) is 0. The molecule has 3 nitrogen and oxygen atoms in total. The first-order valence-corrected chi connectivity index (χ1v) is 6.08. The molecule has 1 fully saturated rings. The van der Waals surface area contributed by atoms with Gasteiger partial charge in [0.1, 0.15) is 0 Å². The molecule has 1 aliphatic rings. The van der Waals surface area contributed by atoms with Crippen molar-refractivity contribution in [3.63, 3.8) is 0 Å². The normalized spacial score (nSPS) is 32.2. The number of ether oxygens (including phenoxy) is 1. The average molecular weight is 214 g/mol. The fourth-order valence-electron chi connectivity index (χ4n) is 2.04. The second-order valence-electron chi connectivity index (χ2n) is 5.10. The number of nitrogens with one attached hydrogen (secondary N) is 1. The number of hydrogen-bond donors (Lipinski definition) is 1. The zero-order valence-corrected chi connectivity index (χ0v) is 10.7. The summed E-state index contributed by atoms with van der Waals surface area (Å²) >= 11 is 0. The Kier molecular flexibility index (Phi) is 5.03. The van der Waals surface area contributed by atoms with Crippen LogP contribution in [0.4, 0.5) is 0 Å². The molecular weight excluding hydrogens is 188 g/mol. The van der Waals surface area contributed by atoms with Crippen LogP contribution in [0.2, 0.25) is 0 Å². The molecule has 0 bridgehead atoms. The summed E-state index contributed by atoms with van der Waals surface area (Å²) in [6.45, 7) is 7.54. The first kappa shape index (κ1) is 12.9. The first-order chi connectivity index (χ1) is 7.06. The minimum absolute atomic E-state index is 0.105. The molecule has 1 aliphatic heterocycles. The molecule has 1 N–H and O–H groups in total. The van der Waals surface area contributed by atoms with Crippen molar-refractivity contribution in [3.05, 3.63) is 0 Å². The van der Waals surface area contributed by atoms with E-state index in [0.29, 0.717) is 6.04 Å². The molecule has 0 amide bonds. The van der Waals surface area contributed by atoms with Gasteiger partial charge < -0.3 is 15.0 Å². The highest BCUT2D eigenvalue weighted by atomic mass is 16.5. The molecule has 0 saturated carbocycles. The van der Waals surface area contributed by atoms with Gasteiger partial charge in [0.2, 0.25) is 0 Å². The van der Waals surface area contributed by atoms with E-state index in [0.717, 1.165) is 39.0 Å². The lowest BCUT2D eigenvalue weighted by molar-refractivity contribution is -0.0779. The second-order valence-corrected chi connectivity index (χ2v) is 5.10. The highest BCUT2D eigenvalue weighted by molar-refractivity contribution is 4.85. The number of nitrogens with zero attached hydrogens (tertiary/aromatic N) is 1. The largest absolute Gasteiger partial charge is 0.375 e. The Morgan fingerprint density at radius 2 is 2.20 bits per heavy atom. The molecule has 2 unspecified atom stereocenters. The van der Waals surface area contributed by atoms with E-state index in [-0.39, 0.29) is 5.60 Å². The minimum Gasteiger partial charge on any atom is -0.375 e. The van der Waals surface area contributed by atoms with E-state index in [2.05, 4.69) is 38.2 Å². The van der Waals surface area contributed by atoms with Gasteiger partial charge in [-0.2, -0.15) is 0 Å². The quantitative estimate of drug-likeness (QED) is 0.750. The summed E-state index contributed by atoms with van der Waals surface area (Å²) in [6.07, 6.45) is 3.42. The van der Waals surface area contributed by atoms with E-state index < -0.39 is 0 Å². The zero-order chi connectivity index (χ0) is 11.3. The van der Waals surface area contributed by atoms with Crippen molar-refractivity contribution in [2.75, 3.05) is 33.8 Å². The monoisotopic (exact) mass is 214 g/mol. The summed E-state index contributed by atoms with van der Waals surface area (Å²) < 4.78 is 5.82. The van der Waals surface area contributed by atoms with Gasteiger partial charge in [-0.1, -0.05) is 6.92 Å². The van der Waals surface area contributed by atoms with Gasteiger partial charge >= 0.3 is 0 Å². The van der Waals surface area contributed by atoms with Crippen LogP contribution < -0.4 is 5.32 Å². The zero-order valence-electron chi connectivity index (χ0n) is 10.7. The van der Waals surface area contributed by atoms with Crippen LogP contribution in [0, 0.1) is 0 Å². The third kappa shape index (κ3) is 4.49. The number of rotatable bonds is 5. The van der Waals surface area contributed by atoms with Gasteiger partial charge in [-0.25, -0.2) is 0 Å². The average Bonchev–Trinajstić information content (AvgIpc) is 2.17. The molecule has 90 valence electrons. The summed E-state index contributed by atoms with van der Waals surface area (Å²) in [5, 5.41) is 3.62. The topological polar surface area (TPSA) is 24.5 Å². The maximum absolute atomic E-state index is 5.82. The summed E-state index contributed by atoms with van der Waals surface area (Å²) in [6, 6.07) is 0.642. The fraction of sp³-hybridized carbons (Fsp3) is 1.00. The van der Waals surface area contributed by atoms with Crippen molar-refractivity contribution in [1.29, 1.82) is 0 Å². The summed E-state index contributed by atoms with van der Waals surface area (Å²) in [7, 11) is 4.23. The highest BCUT2D eigenvalue weighted by Gasteiger charge is 2.31. The standard InChI is InChI=1S/C12H26N2O/c1-5-12(2)10-11(6-9-15-12)13-7-8-14(3)4/h11,13H,5-10H2,1-4H3. The predicted octanol–water partition coefficient (Wildman–Crippen LogP) is 1.49. The molecule has 0 aromatic carbocycles. The molecule has 1 rings (SSSR count). The Hall–Kier alpha value is -0.120. The van der Waals surface area contributed by atoms with E-state index in [4.69, 9.17) is 4.74 Å². The predicted molar refractivity (Wildman–Crippen MR) is 64.2 cm³/mol. The van der Waals surface area contributed by atoms with Crippen molar-refractivity contribution < 1.29 is 4.74 Å². The minimum atomic E-state index is 0.105. The van der Waals surface area contributed by atoms with Crippen molar-refractivity contribution in [2.45, 2.75) is 44.8 Å². The van der Waals surface area contributed by atoms with Crippen LogP contribution in [-0.4, -0.2) is 50.3 Å². The molecule has 0 radical (unpaired) electrons. The van der Waals surface area contributed by atoms with Crippen molar-refractivity contribution in [1.82, 2.24) is 10.2 Å². The van der Waals surface area contributed by atoms with Gasteiger partial charge in [-0.15, -0.1) is 0 Å². The molecule has 15 heavy (non-hydrogen) atoms. The number of likely N-dealkylation sites (N-methyl/N-ethyl adjacent to an activating group) is 1. The SMILES string of the molecule is CCC1(C)CC(NCCN(C)C)CCO1. The second kappa shape index (κ2) is 5.83. The van der Waals surface area contributed by atoms with Crippen molar-refractivity contribution in [2.24, 2.45) is 0 Å². The van der Waals surface area contributed by atoms with Crippen LogP contribution in [0.1, 0.15) is 33.1 Å². The lowest BCUT2D eigenvalue weighted by Gasteiger charge is -2.38. The van der Waals surface area contributed by atoms with Crippen LogP contribution in [0.15, 0.2) is 0 Å². The van der Waals surface area contributed by atoms with Gasteiger partial charge in [0.05, 0.1) is 5.60 Å². The Labute approximate surface area is 94.2 Å². The smallest absolute Gasteiger partial charge is 0.0666 e. The highest BCUT2D eigenvalue weighted by Crippen LogP contribution is 2.27. The van der Waals surface area contributed by atoms with Crippen LogP contribution in [-0.2, 0) is 4.74 Å². The van der Waals surface area contributed by atoms with Crippen molar-refractivity contribution in [3.8, 4) is 0 Å². The number of hydrogen-bond acceptors (Lipinski definition) is 3. The Balaban J connectivity index is 2.24. The Morgan fingerprint density at radius 1 is 1.47 bits per heavy atom. The van der Waals surface area contributed by atoms with Gasteiger partial charge in [0, 0.05) is 25.7 Å². The fourth-order valence-corrected chi connectivity index (χ4v) is 2.04. The molecule has 3 heteroatoms. The van der Waals surface area contributed by atoms with E-state index in [1.807, 2.05) is 0 Å². The third-order valence-electron chi connectivity index (χ3n) is 3.33. The lowest BCUT2D eigenvalue weighted by atomic mass is 9.90. The maximum Gasteiger partial charge on any atom is 0.0666 e. The van der Waals surface area contributed by atoms with E-state index in [1.165, 1.54) is 0 Å². The first-order valence-electron chi connectivity index (χ1n) is 6.08. The summed E-state index contributed by atoms with van der Waals surface area (Å²) in [4.78, 5) is 2.21. The molecular formula is C12H26N2O. The summed E-state index contributed by atoms with van der Waals surface area (Å²) in [5.41, 5.74) is 0.105. The third-order valence-corrected chi connectivity index (χ3v) is 3.33. The lowest BCUT2D eigenvalue weighted by Crippen LogP contribution is -2.46. The van der Waals surface area contributed by atoms with E-state index >= 15 is 0 Å². The van der Waals surface area contributed by atoms with E-state index in [9.17, 15) is 0 Å². The molecule has 0 aromatic rings. The van der Waals surface area contributed by atoms with Crippen LogP contribution in [0.25, 0.3) is 0 Å². The Morgan fingerprint density at radius 3 is 2.80 bits per heavy atom. The molecule has 0 aliphatic carbocycles. The van der Waals surface area contributed by atoms with Gasteiger partial charge in [-0.05, 0) is 40.3 Å². The molecule has 2 atom stereocenters. The Bertz CT molecular complexity index is 184. The van der Waals surface area contributed by atoms with Gasteiger partial charge in [0.25, 0.3) is 0 Å². The van der Waals surface area contributed by atoms with Crippen LogP contribution >= 0.6 is 0 Å². The van der Waals surface area contributed by atoms with Gasteiger partial charge in [-0.3, -0.25) is 0 Å². The van der Waals surface area contributed by atoms with Crippen molar-refractivity contribution >= 4 is 0 Å². The van der Waals surface area contributed by atoms with E-state index in [1.54, 1.807) is 0 Å². The molecule has 1 saturated heterocycles. The van der Waals surface area contributed by atoms with Crippen LogP contribution in [0.5, 0.6) is 0 Å². The molecule has 0 aromatic heterocycles. The van der Waals surface area contributed by atoms with Gasteiger partial charge in [0.15, 0.2) is 0 Å². The molecule has 1 heterocycles. The van der Waals surface area contributed by atoms with Crippen LogP contribution in [0.3, 0.4) is 0 Å². The molecule has 0 spiro atoms.